The third kappa shape index (κ3) is 31.9. The maximum Gasteiger partial charge on any atom is 0.320 e. The minimum atomic E-state index is -0.586. The zero-order chi connectivity index (χ0) is 37.8. The normalized spacial score (nSPS) is 13.3. The summed E-state index contributed by atoms with van der Waals surface area (Å²) in [5.74, 6) is -1.40. The highest BCUT2D eigenvalue weighted by atomic mass is 16.6. The summed E-state index contributed by atoms with van der Waals surface area (Å²) in [6.45, 7) is 17.2. The number of rotatable bonds is 15. The number of likely N-dealkylation sites (N-methyl/N-ethyl adjacent to an activating group) is 1. The van der Waals surface area contributed by atoms with E-state index in [0.717, 1.165) is 19.5 Å². The highest BCUT2D eigenvalue weighted by Crippen LogP contribution is 2.09. The highest BCUT2D eigenvalue weighted by molar-refractivity contribution is 5.73. The summed E-state index contributed by atoms with van der Waals surface area (Å²) in [6.07, 6.45) is 5.02. The summed E-state index contributed by atoms with van der Waals surface area (Å²) in [7, 11) is 3.67. The van der Waals surface area contributed by atoms with E-state index in [-0.39, 0.29) is 62.0 Å². The van der Waals surface area contributed by atoms with Crippen molar-refractivity contribution in [3.63, 3.8) is 0 Å². The number of likely N-dealkylation sites (tertiary alicyclic amines) is 1. The number of hydrogen-bond donors (Lipinski definition) is 2. The number of nitrogens with zero attached hydrogens (tertiary/aromatic N) is 2. The van der Waals surface area contributed by atoms with Crippen molar-refractivity contribution in [3.8, 4) is 0 Å². The quantitative estimate of drug-likeness (QED) is 0.197. The van der Waals surface area contributed by atoms with Gasteiger partial charge in [-0.25, -0.2) is 0 Å². The van der Waals surface area contributed by atoms with Crippen LogP contribution in [0.15, 0.2) is 30.3 Å². The maximum atomic E-state index is 11.3. The minimum absolute atomic E-state index is 0.00699. The third-order valence-electron chi connectivity index (χ3n) is 6.19. The van der Waals surface area contributed by atoms with Gasteiger partial charge in [-0.1, -0.05) is 36.8 Å². The standard InChI is InChI=1S/C12H16O2.C10H19NO2.C8H16O4.C7H15NO2/c1-10(2)14-12(13)9-8-11-6-4-3-5-7-11;1-9(2)13-10(12)8-11-6-4-3-5-7-11;1-6(2)12-8(11)7(5-10)3-4-9;1-6(2)10-7(9)5-8(3)4/h3-7,10H,8-9H2,1-2H3;9H,3-8H2,1-2H3;6-7,9-10H,3-5H2,1-2H3;6H,5H2,1-4H3. The van der Waals surface area contributed by atoms with E-state index in [0.29, 0.717) is 19.5 Å². The van der Waals surface area contributed by atoms with E-state index in [1.54, 1.807) is 18.7 Å². The molecule has 12 heteroatoms. The van der Waals surface area contributed by atoms with E-state index in [9.17, 15) is 19.2 Å². The topological polar surface area (TPSA) is 152 Å². The Morgan fingerprint density at radius 3 is 1.65 bits per heavy atom. The summed E-state index contributed by atoms with van der Waals surface area (Å²) in [6, 6.07) is 9.95. The number of carbonyl (C=O) groups is 4. The van der Waals surface area contributed by atoms with Crippen LogP contribution in [0, 0.1) is 5.92 Å². The van der Waals surface area contributed by atoms with Crippen molar-refractivity contribution in [2.75, 3.05) is 53.5 Å². The van der Waals surface area contributed by atoms with E-state index in [2.05, 4.69) is 4.90 Å². The Hall–Kier alpha value is -3.06. The van der Waals surface area contributed by atoms with Crippen LogP contribution in [0.4, 0.5) is 0 Å². The summed E-state index contributed by atoms with van der Waals surface area (Å²) < 4.78 is 19.8. The SMILES string of the molecule is CC(C)OC(=O)C(CO)CCO.CC(C)OC(=O)CCc1ccccc1.CC(C)OC(=O)CN(C)C.CC(C)OC(=O)CN1CCCCC1. The average Bonchev–Trinajstić information content (AvgIpc) is 2.99. The van der Waals surface area contributed by atoms with Gasteiger partial charge in [0.15, 0.2) is 0 Å². The molecule has 49 heavy (non-hydrogen) atoms. The predicted molar refractivity (Wildman–Crippen MR) is 191 cm³/mol. The molecule has 1 atom stereocenters. The molecule has 0 bridgehead atoms. The molecular formula is C37H66N2O10. The van der Waals surface area contributed by atoms with Gasteiger partial charge in [-0.05, 0) is 114 Å². The smallest absolute Gasteiger partial charge is 0.320 e. The Kier molecular flexibility index (Phi) is 29.2. The zero-order valence-electron chi connectivity index (χ0n) is 31.8. The largest absolute Gasteiger partial charge is 0.463 e. The van der Waals surface area contributed by atoms with Crippen molar-refractivity contribution >= 4 is 23.9 Å². The van der Waals surface area contributed by atoms with E-state index in [1.165, 1.54) is 24.8 Å². The number of aliphatic hydroxyl groups is 2. The lowest BCUT2D eigenvalue weighted by molar-refractivity contribution is -0.154. The minimum Gasteiger partial charge on any atom is -0.463 e. The Morgan fingerprint density at radius 1 is 0.714 bits per heavy atom. The van der Waals surface area contributed by atoms with Gasteiger partial charge in [0, 0.05) is 13.0 Å². The molecule has 2 N–H and O–H groups in total. The van der Waals surface area contributed by atoms with E-state index >= 15 is 0 Å². The number of aliphatic hydroxyl groups excluding tert-OH is 2. The summed E-state index contributed by atoms with van der Waals surface area (Å²) in [4.78, 5) is 48.3. The molecule has 284 valence electrons. The predicted octanol–water partition coefficient (Wildman–Crippen LogP) is 4.42. The maximum absolute atomic E-state index is 11.3. The number of benzene rings is 1. The van der Waals surface area contributed by atoms with Crippen LogP contribution in [0.5, 0.6) is 0 Å². The molecule has 1 aromatic carbocycles. The molecule has 2 rings (SSSR count). The van der Waals surface area contributed by atoms with Crippen LogP contribution in [-0.2, 0) is 44.5 Å². The second-order valence-corrected chi connectivity index (χ2v) is 13.1. The summed E-state index contributed by atoms with van der Waals surface area (Å²) in [5.41, 5.74) is 1.17. The fourth-order valence-electron chi connectivity index (χ4n) is 4.14. The Balaban J connectivity index is 0. The molecule has 0 saturated carbocycles. The first-order valence-corrected chi connectivity index (χ1v) is 17.4. The van der Waals surface area contributed by atoms with Gasteiger partial charge >= 0.3 is 23.9 Å². The van der Waals surface area contributed by atoms with Gasteiger partial charge in [-0.3, -0.25) is 29.0 Å². The molecule has 0 radical (unpaired) electrons. The Labute approximate surface area is 295 Å². The van der Waals surface area contributed by atoms with Crippen molar-refractivity contribution in [2.45, 2.75) is 118 Å². The van der Waals surface area contributed by atoms with Crippen molar-refractivity contribution in [3.05, 3.63) is 35.9 Å². The molecule has 1 unspecified atom stereocenters. The fraction of sp³-hybridized carbons (Fsp3) is 0.730. The lowest BCUT2D eigenvalue weighted by Crippen LogP contribution is -2.35. The monoisotopic (exact) mass is 698 g/mol. The average molecular weight is 699 g/mol. The molecule has 0 spiro atoms. The van der Waals surface area contributed by atoms with Gasteiger partial charge in [-0.15, -0.1) is 0 Å². The van der Waals surface area contributed by atoms with Gasteiger partial charge in [-0.2, -0.15) is 0 Å². The first-order chi connectivity index (χ1) is 23.0. The molecule has 0 aromatic heterocycles. The summed E-state index contributed by atoms with van der Waals surface area (Å²) >= 11 is 0. The number of piperidine rings is 1. The summed E-state index contributed by atoms with van der Waals surface area (Å²) in [5, 5.41) is 17.3. The van der Waals surface area contributed by atoms with Crippen LogP contribution in [0.25, 0.3) is 0 Å². The molecular weight excluding hydrogens is 632 g/mol. The molecule has 1 aliphatic rings. The lowest BCUT2D eigenvalue weighted by Gasteiger charge is -2.25. The molecule has 12 nitrogen and oxygen atoms in total. The molecule has 1 saturated heterocycles. The van der Waals surface area contributed by atoms with E-state index in [4.69, 9.17) is 29.2 Å². The molecule has 1 fully saturated rings. The lowest BCUT2D eigenvalue weighted by atomic mass is 10.1. The second kappa shape index (κ2) is 29.8. The van der Waals surface area contributed by atoms with Gasteiger partial charge < -0.3 is 29.2 Å². The Morgan fingerprint density at radius 2 is 1.20 bits per heavy atom. The van der Waals surface area contributed by atoms with Crippen molar-refractivity contribution < 1.29 is 48.3 Å². The first kappa shape index (κ1) is 48.1. The highest BCUT2D eigenvalue weighted by Gasteiger charge is 2.19. The van der Waals surface area contributed by atoms with Gasteiger partial charge in [0.05, 0.1) is 50.0 Å². The van der Waals surface area contributed by atoms with Crippen LogP contribution < -0.4 is 0 Å². The van der Waals surface area contributed by atoms with Crippen molar-refractivity contribution in [1.29, 1.82) is 0 Å². The van der Waals surface area contributed by atoms with Crippen LogP contribution >= 0.6 is 0 Å². The number of carbonyl (C=O) groups excluding carboxylic acids is 4. The van der Waals surface area contributed by atoms with Crippen molar-refractivity contribution in [2.24, 2.45) is 5.92 Å². The Bertz CT molecular complexity index is 982. The third-order valence-corrected chi connectivity index (χ3v) is 6.19. The van der Waals surface area contributed by atoms with Crippen LogP contribution in [0.1, 0.15) is 93.1 Å². The van der Waals surface area contributed by atoms with Gasteiger partial charge in [0.1, 0.15) is 0 Å². The zero-order valence-corrected chi connectivity index (χ0v) is 31.8. The van der Waals surface area contributed by atoms with E-state index < -0.39 is 11.9 Å². The van der Waals surface area contributed by atoms with Crippen LogP contribution in [0.2, 0.25) is 0 Å². The molecule has 1 aromatic rings. The molecule has 1 heterocycles. The van der Waals surface area contributed by atoms with Gasteiger partial charge in [0.2, 0.25) is 0 Å². The second-order valence-electron chi connectivity index (χ2n) is 13.1. The van der Waals surface area contributed by atoms with Crippen LogP contribution in [0.3, 0.4) is 0 Å². The number of hydrogen-bond acceptors (Lipinski definition) is 12. The molecule has 0 amide bonds. The van der Waals surface area contributed by atoms with Crippen molar-refractivity contribution in [1.82, 2.24) is 9.80 Å². The fourth-order valence-corrected chi connectivity index (χ4v) is 4.14. The number of ether oxygens (including phenoxy) is 4. The molecule has 0 aliphatic carbocycles. The van der Waals surface area contributed by atoms with Crippen LogP contribution in [-0.4, -0.2) is 122 Å². The van der Waals surface area contributed by atoms with Gasteiger partial charge in [0.25, 0.3) is 0 Å². The molecule has 1 aliphatic heterocycles. The first-order valence-electron chi connectivity index (χ1n) is 17.4. The number of esters is 4. The number of aryl methyl sites for hydroxylation is 1. The van der Waals surface area contributed by atoms with E-state index in [1.807, 2.05) is 86.0 Å².